The Morgan fingerprint density at radius 2 is 1.92 bits per heavy atom. The summed E-state index contributed by atoms with van der Waals surface area (Å²) >= 11 is 0. The van der Waals surface area contributed by atoms with E-state index in [0.717, 1.165) is 11.8 Å². The first-order valence-corrected chi connectivity index (χ1v) is 7.72. The zero-order valence-corrected chi connectivity index (χ0v) is 13.9. The molecule has 2 aromatic heterocycles. The number of carbonyl (C=O) groups excluding carboxylic acids is 1. The fourth-order valence-corrected chi connectivity index (χ4v) is 2.28. The molecule has 0 fully saturated rings. The van der Waals surface area contributed by atoms with Crippen LogP contribution in [0.15, 0.2) is 53.8 Å². The molecule has 0 atom stereocenters. The predicted octanol–water partition coefficient (Wildman–Crippen LogP) is 4.17. The van der Waals surface area contributed by atoms with Crippen molar-refractivity contribution >= 4 is 18.2 Å². The first-order valence-electron chi connectivity index (χ1n) is 7.72. The second kappa shape index (κ2) is 7.44. The smallest absolute Gasteiger partial charge is 0.249 e. The van der Waals surface area contributed by atoms with E-state index in [9.17, 15) is 4.79 Å². The van der Waals surface area contributed by atoms with Gasteiger partial charge in [0.15, 0.2) is 5.82 Å². The maximum Gasteiger partial charge on any atom is 0.249 e. The van der Waals surface area contributed by atoms with Gasteiger partial charge in [0.05, 0.1) is 5.69 Å². The number of benzene rings is 1. The molecule has 0 bridgehead atoms. The summed E-state index contributed by atoms with van der Waals surface area (Å²) in [6, 6.07) is 10.5. The first-order chi connectivity index (χ1) is 12.2. The van der Waals surface area contributed by atoms with E-state index in [1.165, 1.54) is 0 Å². The average molecular weight is 332 g/mol. The molecule has 0 unspecified atom stereocenters. The van der Waals surface area contributed by atoms with Crippen LogP contribution in [0.5, 0.6) is 11.6 Å². The number of nitrogens with zero attached hydrogens (tertiary/aromatic N) is 4. The Labute approximate surface area is 145 Å². The Morgan fingerprint density at radius 3 is 2.64 bits per heavy atom. The lowest BCUT2D eigenvalue weighted by atomic mass is 10.2. The molecule has 0 amide bonds. The van der Waals surface area contributed by atoms with Crippen molar-refractivity contribution in [3.05, 3.63) is 60.0 Å². The largest absolute Gasteiger partial charge is 0.437 e. The fraction of sp³-hybridized carbons (Fsp3) is 0.105. The van der Waals surface area contributed by atoms with Gasteiger partial charge < -0.3 is 4.74 Å². The second-order valence-corrected chi connectivity index (χ2v) is 5.20. The summed E-state index contributed by atoms with van der Waals surface area (Å²) in [5.74, 6) is 1.37. The van der Waals surface area contributed by atoms with Crippen LogP contribution in [0, 0.1) is 6.92 Å². The van der Waals surface area contributed by atoms with Crippen LogP contribution >= 0.6 is 0 Å². The SMILES string of the molecule is C/C=N\c1c(C)nc(-c2ccncc2)nc1Oc1cccc(C=O)c1. The van der Waals surface area contributed by atoms with E-state index in [2.05, 4.69) is 19.9 Å². The lowest BCUT2D eigenvalue weighted by molar-refractivity contribution is 0.112. The number of aromatic nitrogens is 3. The van der Waals surface area contributed by atoms with Crippen LogP contribution in [0.2, 0.25) is 0 Å². The van der Waals surface area contributed by atoms with Crippen molar-refractivity contribution in [2.24, 2.45) is 4.99 Å². The van der Waals surface area contributed by atoms with E-state index in [4.69, 9.17) is 4.74 Å². The number of carbonyl (C=O) groups is 1. The molecule has 0 aliphatic carbocycles. The Kier molecular flexibility index (Phi) is 4.89. The number of aliphatic imine (C=N–C) groups is 1. The van der Waals surface area contributed by atoms with Crippen LogP contribution in [-0.4, -0.2) is 27.5 Å². The monoisotopic (exact) mass is 332 g/mol. The van der Waals surface area contributed by atoms with Gasteiger partial charge in [-0.25, -0.2) is 4.98 Å². The molecular formula is C19H16N4O2. The van der Waals surface area contributed by atoms with E-state index in [-0.39, 0.29) is 0 Å². The van der Waals surface area contributed by atoms with Gasteiger partial charge in [-0.05, 0) is 38.1 Å². The number of ether oxygens (including phenoxy) is 1. The van der Waals surface area contributed by atoms with Gasteiger partial charge in [0.1, 0.15) is 17.7 Å². The Bertz CT molecular complexity index is 924. The molecule has 1 aromatic carbocycles. The third-order valence-corrected chi connectivity index (χ3v) is 3.43. The molecule has 6 nitrogen and oxygen atoms in total. The van der Waals surface area contributed by atoms with Crippen LogP contribution in [0.3, 0.4) is 0 Å². The van der Waals surface area contributed by atoms with Crippen molar-refractivity contribution in [1.82, 2.24) is 15.0 Å². The summed E-state index contributed by atoms with van der Waals surface area (Å²) in [6.45, 7) is 3.66. The number of pyridine rings is 1. The van der Waals surface area contributed by atoms with E-state index in [1.807, 2.05) is 26.0 Å². The van der Waals surface area contributed by atoms with Crippen molar-refractivity contribution < 1.29 is 9.53 Å². The minimum Gasteiger partial charge on any atom is -0.437 e. The summed E-state index contributed by atoms with van der Waals surface area (Å²) in [4.78, 5) is 28.3. The Balaban J connectivity index is 2.08. The highest BCUT2D eigenvalue weighted by atomic mass is 16.5. The van der Waals surface area contributed by atoms with E-state index in [1.54, 1.807) is 42.9 Å². The molecule has 0 aliphatic heterocycles. The molecule has 0 radical (unpaired) electrons. The van der Waals surface area contributed by atoms with Crippen molar-refractivity contribution in [2.75, 3.05) is 0 Å². The van der Waals surface area contributed by atoms with Gasteiger partial charge in [-0.2, -0.15) is 4.98 Å². The highest BCUT2D eigenvalue weighted by molar-refractivity contribution is 5.75. The topological polar surface area (TPSA) is 77.3 Å². The first kappa shape index (κ1) is 16.4. The molecule has 25 heavy (non-hydrogen) atoms. The van der Waals surface area contributed by atoms with Crippen LogP contribution in [0.1, 0.15) is 23.0 Å². The van der Waals surface area contributed by atoms with Crippen LogP contribution < -0.4 is 4.74 Å². The molecule has 0 aliphatic rings. The molecule has 3 aromatic rings. The fourth-order valence-electron chi connectivity index (χ4n) is 2.28. The van der Waals surface area contributed by atoms with Crippen LogP contribution in [0.25, 0.3) is 11.4 Å². The lowest BCUT2D eigenvalue weighted by Gasteiger charge is -2.11. The van der Waals surface area contributed by atoms with Gasteiger partial charge in [-0.3, -0.25) is 14.8 Å². The van der Waals surface area contributed by atoms with E-state index in [0.29, 0.717) is 34.4 Å². The summed E-state index contributed by atoms with van der Waals surface area (Å²) in [7, 11) is 0. The number of hydrogen-bond acceptors (Lipinski definition) is 6. The van der Waals surface area contributed by atoms with Crippen molar-refractivity contribution in [2.45, 2.75) is 13.8 Å². The molecule has 0 saturated heterocycles. The molecule has 0 spiro atoms. The summed E-state index contributed by atoms with van der Waals surface area (Å²) in [5, 5.41) is 0. The maximum atomic E-state index is 11.0. The van der Waals surface area contributed by atoms with Gasteiger partial charge in [0, 0.05) is 29.7 Å². The minimum atomic E-state index is 0.334. The van der Waals surface area contributed by atoms with Crippen LogP contribution in [0.4, 0.5) is 5.69 Å². The highest BCUT2D eigenvalue weighted by Crippen LogP contribution is 2.34. The standard InChI is InChI=1S/C19H16N4O2/c1-3-21-17-13(2)22-18(15-7-9-20-10-8-15)23-19(17)25-16-6-4-5-14(11-16)12-24/h3-12H,1-2H3/b21-3-. The van der Waals surface area contributed by atoms with Crippen LogP contribution in [-0.2, 0) is 0 Å². The van der Waals surface area contributed by atoms with E-state index < -0.39 is 0 Å². The number of aldehydes is 1. The Morgan fingerprint density at radius 1 is 1.12 bits per heavy atom. The van der Waals surface area contributed by atoms with Crippen molar-refractivity contribution in [3.63, 3.8) is 0 Å². The normalized spacial score (nSPS) is 10.8. The zero-order valence-electron chi connectivity index (χ0n) is 13.9. The summed E-state index contributed by atoms with van der Waals surface area (Å²) < 4.78 is 5.91. The molecule has 0 saturated carbocycles. The minimum absolute atomic E-state index is 0.334. The molecular weight excluding hydrogens is 316 g/mol. The second-order valence-electron chi connectivity index (χ2n) is 5.20. The number of hydrogen-bond donors (Lipinski definition) is 0. The maximum absolute atomic E-state index is 11.0. The third-order valence-electron chi connectivity index (χ3n) is 3.43. The quantitative estimate of drug-likeness (QED) is 0.517. The predicted molar refractivity (Wildman–Crippen MR) is 95.7 cm³/mol. The lowest BCUT2D eigenvalue weighted by Crippen LogP contribution is -1.98. The molecule has 2 heterocycles. The van der Waals surface area contributed by atoms with Gasteiger partial charge in [0.25, 0.3) is 0 Å². The van der Waals surface area contributed by atoms with Gasteiger partial charge in [-0.15, -0.1) is 0 Å². The van der Waals surface area contributed by atoms with E-state index >= 15 is 0 Å². The molecule has 6 heteroatoms. The Hall–Kier alpha value is -3.41. The molecule has 124 valence electrons. The van der Waals surface area contributed by atoms with Gasteiger partial charge >= 0.3 is 0 Å². The number of aryl methyl sites for hydroxylation is 1. The van der Waals surface area contributed by atoms with Gasteiger partial charge in [0.2, 0.25) is 5.88 Å². The molecule has 3 rings (SSSR count). The third kappa shape index (κ3) is 3.74. The van der Waals surface area contributed by atoms with Crippen molar-refractivity contribution in [3.8, 4) is 23.0 Å². The summed E-state index contributed by atoms with van der Waals surface area (Å²) in [5.41, 5.74) is 2.60. The number of rotatable bonds is 5. The summed E-state index contributed by atoms with van der Waals surface area (Å²) in [6.07, 6.45) is 5.79. The van der Waals surface area contributed by atoms with Gasteiger partial charge in [-0.1, -0.05) is 12.1 Å². The molecule has 0 N–H and O–H groups in total. The average Bonchev–Trinajstić information content (AvgIpc) is 2.65. The zero-order chi connectivity index (χ0) is 17.6. The highest BCUT2D eigenvalue weighted by Gasteiger charge is 2.14. The van der Waals surface area contributed by atoms with Crippen molar-refractivity contribution in [1.29, 1.82) is 0 Å².